The smallest absolute Gasteiger partial charge is 0.237 e. The molecular weight excluding hydrogens is 378 g/mol. The van der Waals surface area contributed by atoms with E-state index in [1.807, 2.05) is 42.2 Å². The van der Waals surface area contributed by atoms with Crippen molar-refractivity contribution in [2.45, 2.75) is 44.3 Å². The van der Waals surface area contributed by atoms with Gasteiger partial charge in [-0.25, -0.2) is 0 Å². The number of fused-ring (bicyclic) bond motifs is 1. The summed E-state index contributed by atoms with van der Waals surface area (Å²) in [6.07, 6.45) is 5.03. The second-order valence-corrected chi connectivity index (χ2v) is 7.94. The predicted molar refractivity (Wildman–Crippen MR) is 116 cm³/mol. The van der Waals surface area contributed by atoms with Gasteiger partial charge in [-0.2, -0.15) is 0 Å². The summed E-state index contributed by atoms with van der Waals surface area (Å²) in [4.78, 5) is 34.3. The molecule has 3 heterocycles. The molecule has 4 N–H and O–H groups in total. The highest BCUT2D eigenvalue weighted by atomic mass is 16.2. The number of nitrogens with one attached hydrogen (secondary N) is 2. The lowest BCUT2D eigenvalue weighted by Crippen LogP contribution is -2.56. The molecule has 0 radical (unpaired) electrons. The van der Waals surface area contributed by atoms with E-state index in [1.165, 1.54) is 5.56 Å². The number of nitrogens with zero attached hydrogens (tertiary/aromatic N) is 2. The van der Waals surface area contributed by atoms with Gasteiger partial charge in [0.05, 0.1) is 18.6 Å². The number of carbonyl (C=O) groups is 2. The number of aromatic nitrogens is 2. The van der Waals surface area contributed by atoms with Crippen LogP contribution in [-0.4, -0.2) is 45.3 Å². The van der Waals surface area contributed by atoms with Gasteiger partial charge < -0.3 is 16.0 Å². The zero-order valence-electron chi connectivity index (χ0n) is 17.0. The first-order valence-electron chi connectivity index (χ1n) is 10.3. The van der Waals surface area contributed by atoms with Crippen molar-refractivity contribution < 1.29 is 9.59 Å². The SMILES string of the molecule is C[C@@H](C(=O)NCc1cc2cnccc2[nH]1)N1CCC(c2ccccc2)CC1C(N)=O. The van der Waals surface area contributed by atoms with Crippen LogP contribution in [0.25, 0.3) is 10.9 Å². The van der Waals surface area contributed by atoms with Crippen molar-refractivity contribution in [1.82, 2.24) is 20.2 Å². The summed E-state index contributed by atoms with van der Waals surface area (Å²) >= 11 is 0. The first-order valence-corrected chi connectivity index (χ1v) is 10.3. The third kappa shape index (κ3) is 4.21. The van der Waals surface area contributed by atoms with Gasteiger partial charge in [0.2, 0.25) is 11.8 Å². The quantitative estimate of drug-likeness (QED) is 0.585. The molecule has 0 saturated carbocycles. The number of hydrogen-bond acceptors (Lipinski definition) is 4. The normalized spacial score (nSPS) is 20.7. The Morgan fingerprint density at radius 3 is 2.83 bits per heavy atom. The molecule has 1 saturated heterocycles. The molecule has 1 aliphatic heterocycles. The predicted octanol–water partition coefficient (Wildman–Crippen LogP) is 2.30. The topological polar surface area (TPSA) is 104 Å². The van der Waals surface area contributed by atoms with E-state index >= 15 is 0 Å². The molecule has 1 aliphatic rings. The zero-order chi connectivity index (χ0) is 21.1. The molecule has 2 unspecified atom stereocenters. The summed E-state index contributed by atoms with van der Waals surface area (Å²) in [5, 5.41) is 3.98. The number of pyridine rings is 1. The highest BCUT2D eigenvalue weighted by Crippen LogP contribution is 2.32. The number of primary amides is 1. The third-order valence-corrected chi connectivity index (χ3v) is 6.05. The van der Waals surface area contributed by atoms with Crippen LogP contribution in [0, 0.1) is 0 Å². The molecule has 0 aliphatic carbocycles. The van der Waals surface area contributed by atoms with E-state index in [1.54, 1.807) is 12.4 Å². The van der Waals surface area contributed by atoms with Crippen molar-refractivity contribution in [1.29, 1.82) is 0 Å². The number of benzene rings is 1. The van der Waals surface area contributed by atoms with Crippen LogP contribution in [-0.2, 0) is 16.1 Å². The van der Waals surface area contributed by atoms with Crippen LogP contribution in [0.3, 0.4) is 0 Å². The van der Waals surface area contributed by atoms with Crippen LogP contribution in [0.15, 0.2) is 54.9 Å². The van der Waals surface area contributed by atoms with E-state index in [-0.39, 0.29) is 17.7 Å². The minimum absolute atomic E-state index is 0.115. The number of aromatic amines is 1. The Kier molecular flexibility index (Phi) is 5.81. The Labute approximate surface area is 175 Å². The van der Waals surface area contributed by atoms with E-state index in [4.69, 9.17) is 5.73 Å². The minimum Gasteiger partial charge on any atom is -0.368 e. The molecule has 0 spiro atoms. The molecule has 3 atom stereocenters. The van der Waals surface area contributed by atoms with E-state index < -0.39 is 12.1 Å². The van der Waals surface area contributed by atoms with Crippen molar-refractivity contribution >= 4 is 22.7 Å². The van der Waals surface area contributed by atoms with Crippen LogP contribution in [0.5, 0.6) is 0 Å². The molecule has 3 aromatic rings. The summed E-state index contributed by atoms with van der Waals surface area (Å²) in [6, 6.07) is 13.2. The van der Waals surface area contributed by atoms with Gasteiger partial charge in [-0.15, -0.1) is 0 Å². The summed E-state index contributed by atoms with van der Waals surface area (Å²) in [5.41, 5.74) is 8.83. The highest BCUT2D eigenvalue weighted by molar-refractivity contribution is 5.85. The fourth-order valence-corrected chi connectivity index (χ4v) is 4.36. The standard InChI is InChI=1S/C23H27N5O2/c1-15(23(30)26-14-19-11-18-13-25-9-7-20(18)27-19)28-10-8-17(12-21(28)22(24)29)16-5-3-2-4-6-16/h2-7,9,11,13,15,17,21,27H,8,10,12,14H2,1H3,(H2,24,29)(H,26,30)/t15-,17?,21?/m0/s1. The fourth-order valence-electron chi connectivity index (χ4n) is 4.36. The fraction of sp³-hybridized carbons (Fsp3) is 0.348. The summed E-state index contributed by atoms with van der Waals surface area (Å²) < 4.78 is 0. The second-order valence-electron chi connectivity index (χ2n) is 7.94. The molecule has 1 aromatic carbocycles. The van der Waals surface area contributed by atoms with Crippen LogP contribution >= 0.6 is 0 Å². The Morgan fingerprint density at radius 2 is 2.10 bits per heavy atom. The van der Waals surface area contributed by atoms with Crippen LogP contribution in [0.2, 0.25) is 0 Å². The molecule has 156 valence electrons. The van der Waals surface area contributed by atoms with Crippen LogP contribution < -0.4 is 11.1 Å². The number of piperidine rings is 1. The molecule has 4 rings (SSSR count). The maximum Gasteiger partial charge on any atom is 0.237 e. The molecule has 7 nitrogen and oxygen atoms in total. The number of rotatable bonds is 6. The van der Waals surface area contributed by atoms with Gasteiger partial charge in [0, 0.05) is 35.5 Å². The van der Waals surface area contributed by atoms with Gasteiger partial charge in [-0.3, -0.25) is 19.5 Å². The maximum absolute atomic E-state index is 12.8. The number of likely N-dealkylation sites (tertiary alicyclic amines) is 1. The Balaban J connectivity index is 1.40. The van der Waals surface area contributed by atoms with Gasteiger partial charge in [0.25, 0.3) is 0 Å². The first-order chi connectivity index (χ1) is 14.5. The molecule has 30 heavy (non-hydrogen) atoms. The van der Waals surface area contributed by atoms with Crippen LogP contribution in [0.1, 0.15) is 36.9 Å². The largest absolute Gasteiger partial charge is 0.368 e. The molecule has 7 heteroatoms. The third-order valence-electron chi connectivity index (χ3n) is 6.05. The number of hydrogen-bond donors (Lipinski definition) is 3. The minimum atomic E-state index is -0.455. The average Bonchev–Trinajstić information content (AvgIpc) is 3.20. The van der Waals surface area contributed by atoms with Crippen molar-refractivity contribution in [3.8, 4) is 0 Å². The Bertz CT molecular complexity index is 999. The van der Waals surface area contributed by atoms with Gasteiger partial charge in [0.1, 0.15) is 0 Å². The van der Waals surface area contributed by atoms with Crippen molar-refractivity contribution in [2.24, 2.45) is 5.73 Å². The van der Waals surface area contributed by atoms with Crippen molar-refractivity contribution in [3.63, 3.8) is 0 Å². The second kappa shape index (κ2) is 8.67. The number of H-pyrrole nitrogens is 1. The molecule has 0 bridgehead atoms. The number of nitrogens with two attached hydrogens (primary N) is 1. The summed E-state index contributed by atoms with van der Waals surface area (Å²) in [6.45, 7) is 2.88. The summed E-state index contributed by atoms with van der Waals surface area (Å²) in [7, 11) is 0. The van der Waals surface area contributed by atoms with Gasteiger partial charge >= 0.3 is 0 Å². The zero-order valence-corrected chi connectivity index (χ0v) is 17.0. The summed E-state index contributed by atoms with van der Waals surface area (Å²) in [5.74, 6) is -0.218. The van der Waals surface area contributed by atoms with Gasteiger partial charge in [-0.05, 0) is 43.4 Å². The van der Waals surface area contributed by atoms with E-state index in [0.717, 1.165) is 23.0 Å². The van der Waals surface area contributed by atoms with Gasteiger partial charge in [0.15, 0.2) is 0 Å². The van der Waals surface area contributed by atoms with Crippen molar-refractivity contribution in [3.05, 3.63) is 66.1 Å². The molecular formula is C23H27N5O2. The highest BCUT2D eigenvalue weighted by Gasteiger charge is 2.37. The number of carbonyl (C=O) groups excluding carboxylic acids is 2. The lowest BCUT2D eigenvalue weighted by atomic mass is 9.84. The maximum atomic E-state index is 12.8. The van der Waals surface area contributed by atoms with E-state index in [0.29, 0.717) is 19.5 Å². The average molecular weight is 406 g/mol. The first kappa shape index (κ1) is 20.1. The van der Waals surface area contributed by atoms with E-state index in [9.17, 15) is 9.59 Å². The lowest BCUT2D eigenvalue weighted by Gasteiger charge is -2.40. The Hall–Kier alpha value is -3.19. The monoisotopic (exact) mass is 405 g/mol. The molecule has 1 fully saturated rings. The Morgan fingerprint density at radius 1 is 1.30 bits per heavy atom. The van der Waals surface area contributed by atoms with Crippen LogP contribution in [0.4, 0.5) is 0 Å². The van der Waals surface area contributed by atoms with Gasteiger partial charge in [-0.1, -0.05) is 30.3 Å². The lowest BCUT2D eigenvalue weighted by molar-refractivity contribution is -0.132. The molecule has 2 amide bonds. The number of amides is 2. The van der Waals surface area contributed by atoms with E-state index in [2.05, 4.69) is 27.4 Å². The van der Waals surface area contributed by atoms with Crippen molar-refractivity contribution in [2.75, 3.05) is 6.54 Å². The molecule has 2 aromatic heterocycles.